The molecular formula is C21H17Cl2N5O3. The van der Waals surface area contributed by atoms with Gasteiger partial charge in [-0.05, 0) is 37.3 Å². The zero-order valence-electron chi connectivity index (χ0n) is 16.3. The van der Waals surface area contributed by atoms with Gasteiger partial charge < -0.3 is 16.0 Å². The number of carbonyl (C=O) groups excluding carboxylic acids is 2. The molecule has 8 nitrogen and oxygen atoms in total. The van der Waals surface area contributed by atoms with Gasteiger partial charge in [0.05, 0.1) is 11.5 Å². The first-order valence-electron chi connectivity index (χ1n) is 9.33. The van der Waals surface area contributed by atoms with E-state index in [1.54, 1.807) is 0 Å². The highest BCUT2D eigenvalue weighted by Gasteiger charge is 2.34. The Morgan fingerprint density at radius 1 is 1.06 bits per heavy atom. The second-order valence-electron chi connectivity index (χ2n) is 7.12. The second kappa shape index (κ2) is 8.41. The molecule has 2 amide bonds. The van der Waals surface area contributed by atoms with E-state index in [9.17, 15) is 14.4 Å². The molecule has 0 spiro atoms. The van der Waals surface area contributed by atoms with Crippen LogP contribution in [-0.2, 0) is 9.59 Å². The Kier molecular flexibility index (Phi) is 5.67. The third-order valence-electron chi connectivity index (χ3n) is 4.71. The Hall–Kier alpha value is -3.36. The summed E-state index contributed by atoms with van der Waals surface area (Å²) in [6, 6.07) is 12.0. The minimum absolute atomic E-state index is 0.0406. The number of aromatic nitrogens is 2. The third kappa shape index (κ3) is 4.70. The molecular weight excluding hydrogens is 441 g/mol. The van der Waals surface area contributed by atoms with Crippen LogP contribution in [0, 0.1) is 6.92 Å². The molecule has 4 rings (SSSR count). The number of nitrogens with one attached hydrogen (secondary N) is 4. The van der Waals surface area contributed by atoms with Gasteiger partial charge in [0.1, 0.15) is 5.82 Å². The van der Waals surface area contributed by atoms with E-state index in [1.165, 1.54) is 18.2 Å². The van der Waals surface area contributed by atoms with Crippen LogP contribution in [0.25, 0.3) is 0 Å². The lowest BCUT2D eigenvalue weighted by molar-refractivity contribution is -0.123. The summed E-state index contributed by atoms with van der Waals surface area (Å²) in [5.74, 6) is -1.79. The molecule has 1 atom stereocenters. The summed E-state index contributed by atoms with van der Waals surface area (Å²) in [7, 11) is 0. The number of aryl methyl sites for hydroxylation is 1. The van der Waals surface area contributed by atoms with Crippen LogP contribution in [0.4, 0.5) is 23.1 Å². The molecule has 0 saturated heterocycles. The van der Waals surface area contributed by atoms with E-state index in [4.69, 9.17) is 23.2 Å². The van der Waals surface area contributed by atoms with Gasteiger partial charge in [0.15, 0.2) is 0 Å². The zero-order chi connectivity index (χ0) is 22.1. The van der Waals surface area contributed by atoms with E-state index >= 15 is 0 Å². The Morgan fingerprint density at radius 3 is 2.42 bits per heavy atom. The number of anilines is 4. The molecule has 3 aromatic rings. The van der Waals surface area contributed by atoms with Crippen molar-refractivity contribution < 1.29 is 9.59 Å². The SMILES string of the molecule is Cc1ccc(Nc2nc3c(c(=O)[nH]2)[C@H](C(=O)Nc2cc(Cl)cc(Cl)c2)CC(=O)N3)cc1. The average molecular weight is 458 g/mol. The van der Waals surface area contributed by atoms with Crippen molar-refractivity contribution in [3.05, 3.63) is 74.0 Å². The van der Waals surface area contributed by atoms with E-state index in [-0.39, 0.29) is 23.8 Å². The van der Waals surface area contributed by atoms with Crippen molar-refractivity contribution in [2.24, 2.45) is 0 Å². The van der Waals surface area contributed by atoms with Gasteiger partial charge in [0.2, 0.25) is 17.8 Å². The number of aromatic amines is 1. The molecule has 0 radical (unpaired) electrons. The van der Waals surface area contributed by atoms with Gasteiger partial charge in [0, 0.05) is 27.8 Å². The fraction of sp³-hybridized carbons (Fsp3) is 0.143. The summed E-state index contributed by atoms with van der Waals surface area (Å²) < 4.78 is 0. The first kappa shape index (κ1) is 20.9. The normalized spacial score (nSPS) is 15.1. The molecule has 0 aliphatic carbocycles. The molecule has 0 fully saturated rings. The predicted molar refractivity (Wildman–Crippen MR) is 120 cm³/mol. The second-order valence-corrected chi connectivity index (χ2v) is 7.99. The van der Waals surface area contributed by atoms with Gasteiger partial charge in [-0.3, -0.25) is 19.4 Å². The van der Waals surface area contributed by atoms with Crippen LogP contribution in [0.2, 0.25) is 10.0 Å². The van der Waals surface area contributed by atoms with Gasteiger partial charge in [-0.1, -0.05) is 40.9 Å². The van der Waals surface area contributed by atoms with E-state index in [1.807, 2.05) is 31.2 Å². The molecule has 158 valence electrons. The molecule has 2 aromatic carbocycles. The molecule has 1 aliphatic rings. The minimum atomic E-state index is -1.02. The standard InChI is InChI=1S/C21H17Cl2N5O3/c1-10-2-4-13(5-3-10)25-21-27-18-17(20(31)28-21)15(9-16(29)26-18)19(30)24-14-7-11(22)6-12(23)8-14/h2-8,15H,9H2,1H3,(H,24,30)(H3,25,26,27,28,29,31)/t15-/m1/s1. The quantitative estimate of drug-likeness (QED) is 0.468. The zero-order valence-corrected chi connectivity index (χ0v) is 17.8. The van der Waals surface area contributed by atoms with E-state index in [0.29, 0.717) is 21.4 Å². The molecule has 10 heteroatoms. The van der Waals surface area contributed by atoms with Crippen LogP contribution in [0.15, 0.2) is 47.3 Å². The summed E-state index contributed by atoms with van der Waals surface area (Å²) >= 11 is 11.9. The summed E-state index contributed by atoms with van der Waals surface area (Å²) in [4.78, 5) is 44.8. The number of hydrogen-bond acceptors (Lipinski definition) is 5. The lowest BCUT2D eigenvalue weighted by Gasteiger charge is -2.23. The van der Waals surface area contributed by atoms with E-state index in [2.05, 4.69) is 25.9 Å². The Balaban J connectivity index is 1.64. The van der Waals surface area contributed by atoms with Gasteiger partial charge in [-0.15, -0.1) is 0 Å². The summed E-state index contributed by atoms with van der Waals surface area (Å²) in [6.07, 6.45) is -0.192. The van der Waals surface area contributed by atoms with Crippen LogP contribution in [-0.4, -0.2) is 21.8 Å². The summed E-state index contributed by atoms with van der Waals surface area (Å²) in [5.41, 5.74) is 1.71. The first-order valence-corrected chi connectivity index (χ1v) is 10.1. The lowest BCUT2D eigenvalue weighted by atomic mass is 9.92. The molecule has 1 aliphatic heterocycles. The number of rotatable bonds is 4. The highest BCUT2D eigenvalue weighted by atomic mass is 35.5. The molecule has 2 heterocycles. The fourth-order valence-electron chi connectivity index (χ4n) is 3.28. The largest absolute Gasteiger partial charge is 0.326 e. The molecule has 31 heavy (non-hydrogen) atoms. The number of fused-ring (bicyclic) bond motifs is 1. The summed E-state index contributed by atoms with van der Waals surface area (Å²) in [6.45, 7) is 1.96. The molecule has 0 unspecified atom stereocenters. The number of carbonyl (C=O) groups is 2. The third-order valence-corrected chi connectivity index (χ3v) is 5.15. The van der Waals surface area contributed by atoms with Crippen LogP contribution in [0.3, 0.4) is 0 Å². The number of halogens is 2. The van der Waals surface area contributed by atoms with Crippen molar-refractivity contribution in [1.29, 1.82) is 0 Å². The highest BCUT2D eigenvalue weighted by Crippen LogP contribution is 2.31. The molecule has 0 saturated carbocycles. The van der Waals surface area contributed by atoms with Gasteiger partial charge in [0.25, 0.3) is 5.56 Å². The van der Waals surface area contributed by atoms with Crippen LogP contribution < -0.4 is 21.5 Å². The lowest BCUT2D eigenvalue weighted by Crippen LogP contribution is -2.36. The number of benzene rings is 2. The van der Waals surface area contributed by atoms with Crippen LogP contribution in [0.5, 0.6) is 0 Å². The minimum Gasteiger partial charge on any atom is -0.326 e. The Bertz CT molecular complexity index is 1220. The van der Waals surface area contributed by atoms with Crippen molar-refractivity contribution in [3.8, 4) is 0 Å². The average Bonchev–Trinajstić information content (AvgIpc) is 2.68. The van der Waals surface area contributed by atoms with Crippen molar-refractivity contribution >= 4 is 58.2 Å². The van der Waals surface area contributed by atoms with Crippen molar-refractivity contribution in [1.82, 2.24) is 9.97 Å². The van der Waals surface area contributed by atoms with Crippen molar-refractivity contribution in [2.45, 2.75) is 19.3 Å². The first-order chi connectivity index (χ1) is 14.8. The molecule has 1 aromatic heterocycles. The molecule has 0 bridgehead atoms. The van der Waals surface area contributed by atoms with E-state index in [0.717, 1.165) is 5.56 Å². The van der Waals surface area contributed by atoms with Crippen LogP contribution >= 0.6 is 23.2 Å². The fourth-order valence-corrected chi connectivity index (χ4v) is 3.81. The van der Waals surface area contributed by atoms with Gasteiger partial charge in [-0.2, -0.15) is 4.98 Å². The maximum atomic E-state index is 12.9. The monoisotopic (exact) mass is 457 g/mol. The number of hydrogen-bond donors (Lipinski definition) is 4. The Morgan fingerprint density at radius 2 is 1.74 bits per heavy atom. The van der Waals surface area contributed by atoms with Crippen LogP contribution in [0.1, 0.15) is 23.5 Å². The maximum absolute atomic E-state index is 12.9. The van der Waals surface area contributed by atoms with E-state index < -0.39 is 23.3 Å². The highest BCUT2D eigenvalue weighted by molar-refractivity contribution is 6.35. The molecule has 4 N–H and O–H groups in total. The summed E-state index contributed by atoms with van der Waals surface area (Å²) in [5, 5.41) is 8.90. The number of H-pyrrole nitrogens is 1. The smallest absolute Gasteiger partial charge is 0.258 e. The van der Waals surface area contributed by atoms with Gasteiger partial charge >= 0.3 is 0 Å². The topological polar surface area (TPSA) is 116 Å². The van der Waals surface area contributed by atoms with Crippen molar-refractivity contribution in [2.75, 3.05) is 16.0 Å². The predicted octanol–water partition coefficient (Wildman–Crippen LogP) is 4.19. The maximum Gasteiger partial charge on any atom is 0.258 e. The van der Waals surface area contributed by atoms with Crippen molar-refractivity contribution in [3.63, 3.8) is 0 Å². The Labute approximate surface area is 187 Å². The van der Waals surface area contributed by atoms with Gasteiger partial charge in [-0.25, -0.2) is 0 Å². The number of nitrogens with zero attached hydrogens (tertiary/aromatic N) is 1. The number of amides is 2.